The van der Waals surface area contributed by atoms with E-state index in [1.807, 2.05) is 0 Å². The Morgan fingerprint density at radius 3 is 2.94 bits per heavy atom. The van der Waals surface area contributed by atoms with E-state index in [1.54, 1.807) is 18.2 Å². The summed E-state index contributed by atoms with van der Waals surface area (Å²) in [7, 11) is 0. The second-order valence-electron chi connectivity index (χ2n) is 3.71. The summed E-state index contributed by atoms with van der Waals surface area (Å²) in [5.41, 5.74) is 1.12. The first kappa shape index (κ1) is 11.0. The van der Waals surface area contributed by atoms with Crippen LogP contribution in [0.5, 0.6) is 0 Å². The van der Waals surface area contributed by atoms with Crippen LogP contribution in [0.3, 0.4) is 0 Å². The normalized spacial score (nSPS) is 19.6. The summed E-state index contributed by atoms with van der Waals surface area (Å²) in [5.74, 6) is -1.74. The maximum absolute atomic E-state index is 11.4. The number of carbonyl (C=O) groups excluding carboxylic acids is 1. The van der Waals surface area contributed by atoms with Crippen LogP contribution in [0.15, 0.2) is 18.2 Å². The van der Waals surface area contributed by atoms with Crippen molar-refractivity contribution in [2.24, 2.45) is 0 Å². The van der Waals surface area contributed by atoms with E-state index in [-0.39, 0.29) is 12.3 Å². The van der Waals surface area contributed by atoms with E-state index in [4.69, 9.17) is 16.7 Å². The first-order chi connectivity index (χ1) is 7.58. The third-order valence-electron chi connectivity index (χ3n) is 2.62. The van der Waals surface area contributed by atoms with Crippen molar-refractivity contribution in [2.75, 3.05) is 5.32 Å². The third kappa shape index (κ3) is 2.02. The maximum Gasteiger partial charge on any atom is 0.311 e. The molecule has 16 heavy (non-hydrogen) atoms. The topological polar surface area (TPSA) is 66.4 Å². The zero-order valence-corrected chi connectivity index (χ0v) is 9.12. The number of rotatable bonds is 1. The molecule has 1 aromatic carbocycles. The van der Waals surface area contributed by atoms with Crippen LogP contribution in [-0.4, -0.2) is 17.0 Å². The zero-order chi connectivity index (χ0) is 11.7. The summed E-state index contributed by atoms with van der Waals surface area (Å²) in [6.45, 7) is 0. The van der Waals surface area contributed by atoms with Gasteiger partial charge >= 0.3 is 5.97 Å². The number of carbonyl (C=O) groups is 2. The highest BCUT2D eigenvalue weighted by Gasteiger charge is 2.27. The summed E-state index contributed by atoms with van der Waals surface area (Å²) in [6.07, 6.45) is 0.527. The number of carboxylic acids is 1. The Morgan fingerprint density at radius 1 is 1.50 bits per heavy atom. The molecule has 1 atom stereocenters. The molecule has 0 fully saturated rings. The van der Waals surface area contributed by atoms with Crippen LogP contribution in [0.2, 0.25) is 5.02 Å². The number of hydrogen-bond acceptors (Lipinski definition) is 2. The van der Waals surface area contributed by atoms with Crippen molar-refractivity contribution in [3.05, 3.63) is 28.8 Å². The van der Waals surface area contributed by atoms with Gasteiger partial charge in [-0.05, 0) is 24.1 Å². The van der Waals surface area contributed by atoms with Gasteiger partial charge in [0.15, 0.2) is 0 Å². The number of carboxylic acid groups (broad SMARTS) is 1. The number of benzene rings is 1. The Morgan fingerprint density at radius 2 is 2.25 bits per heavy atom. The average molecular weight is 240 g/mol. The van der Waals surface area contributed by atoms with Crippen LogP contribution in [0.4, 0.5) is 5.69 Å². The van der Waals surface area contributed by atoms with Gasteiger partial charge in [-0.2, -0.15) is 0 Å². The second-order valence-corrected chi connectivity index (χ2v) is 4.15. The number of fused-ring (bicyclic) bond motifs is 1. The quantitative estimate of drug-likeness (QED) is 0.790. The molecule has 0 saturated heterocycles. The molecule has 0 aromatic heterocycles. The highest BCUT2D eigenvalue weighted by Crippen LogP contribution is 2.33. The Balaban J connectivity index is 2.50. The zero-order valence-electron chi connectivity index (χ0n) is 8.37. The fourth-order valence-electron chi connectivity index (χ4n) is 1.84. The van der Waals surface area contributed by atoms with Gasteiger partial charge in [0.05, 0.1) is 5.92 Å². The van der Waals surface area contributed by atoms with Crippen molar-refractivity contribution < 1.29 is 14.7 Å². The highest BCUT2D eigenvalue weighted by molar-refractivity contribution is 6.31. The molecule has 0 spiro atoms. The van der Waals surface area contributed by atoms with Gasteiger partial charge in [-0.3, -0.25) is 9.59 Å². The molecule has 0 saturated carbocycles. The summed E-state index contributed by atoms with van der Waals surface area (Å²) in [4.78, 5) is 22.5. The summed E-state index contributed by atoms with van der Waals surface area (Å²) in [6, 6.07) is 4.87. The molecule has 0 aliphatic carbocycles. The van der Waals surface area contributed by atoms with E-state index in [2.05, 4.69) is 5.32 Å². The first-order valence-corrected chi connectivity index (χ1v) is 5.28. The van der Waals surface area contributed by atoms with Crippen LogP contribution in [-0.2, 0) is 9.59 Å². The fourth-order valence-corrected chi connectivity index (χ4v) is 2.01. The van der Waals surface area contributed by atoms with E-state index in [0.29, 0.717) is 22.7 Å². The number of aliphatic carboxylic acids is 1. The standard InChI is InChI=1S/C11H10ClNO3/c12-6-1-2-7-8(11(15)16)3-4-10(14)13-9(7)5-6/h1-2,5,8H,3-4H2,(H,13,14)(H,15,16). The lowest BCUT2D eigenvalue weighted by Gasteiger charge is -2.12. The molecule has 2 rings (SSSR count). The van der Waals surface area contributed by atoms with Crippen molar-refractivity contribution >= 4 is 29.2 Å². The number of hydrogen-bond donors (Lipinski definition) is 2. The molecule has 1 aliphatic rings. The third-order valence-corrected chi connectivity index (χ3v) is 2.86. The molecular formula is C11H10ClNO3. The number of anilines is 1. The molecule has 0 bridgehead atoms. The molecule has 84 valence electrons. The van der Waals surface area contributed by atoms with Crippen molar-refractivity contribution in [2.45, 2.75) is 18.8 Å². The molecular weight excluding hydrogens is 230 g/mol. The van der Waals surface area contributed by atoms with Crippen LogP contribution >= 0.6 is 11.6 Å². The van der Waals surface area contributed by atoms with Crippen LogP contribution in [0.1, 0.15) is 24.3 Å². The van der Waals surface area contributed by atoms with Gasteiger partial charge in [-0.25, -0.2) is 0 Å². The Hall–Kier alpha value is -1.55. The summed E-state index contributed by atoms with van der Waals surface area (Å²) in [5, 5.41) is 12.2. The van der Waals surface area contributed by atoms with Gasteiger partial charge in [0, 0.05) is 17.1 Å². The summed E-state index contributed by atoms with van der Waals surface area (Å²) < 4.78 is 0. The van der Waals surface area contributed by atoms with E-state index >= 15 is 0 Å². The molecule has 1 unspecified atom stereocenters. The Bertz CT molecular complexity index is 459. The van der Waals surface area contributed by atoms with Crippen molar-refractivity contribution in [3.63, 3.8) is 0 Å². The average Bonchev–Trinajstić information content (AvgIpc) is 2.35. The molecule has 0 radical (unpaired) electrons. The van der Waals surface area contributed by atoms with E-state index in [0.717, 1.165) is 0 Å². The van der Waals surface area contributed by atoms with Crippen LogP contribution in [0.25, 0.3) is 0 Å². The van der Waals surface area contributed by atoms with E-state index in [1.165, 1.54) is 0 Å². The monoisotopic (exact) mass is 239 g/mol. The molecule has 5 heteroatoms. The highest BCUT2D eigenvalue weighted by atomic mass is 35.5. The largest absolute Gasteiger partial charge is 0.481 e. The van der Waals surface area contributed by atoms with Gasteiger partial charge < -0.3 is 10.4 Å². The van der Waals surface area contributed by atoms with Crippen molar-refractivity contribution in [1.82, 2.24) is 0 Å². The van der Waals surface area contributed by atoms with Crippen LogP contribution < -0.4 is 5.32 Å². The minimum Gasteiger partial charge on any atom is -0.481 e. The lowest BCUT2D eigenvalue weighted by molar-refractivity contribution is -0.138. The molecule has 1 aliphatic heterocycles. The first-order valence-electron chi connectivity index (χ1n) is 4.90. The van der Waals surface area contributed by atoms with E-state index in [9.17, 15) is 9.59 Å². The lowest BCUT2D eigenvalue weighted by atomic mass is 9.94. The van der Waals surface area contributed by atoms with Gasteiger partial charge in [-0.15, -0.1) is 0 Å². The molecule has 4 nitrogen and oxygen atoms in total. The number of nitrogens with one attached hydrogen (secondary N) is 1. The van der Waals surface area contributed by atoms with Gasteiger partial charge in [0.1, 0.15) is 0 Å². The predicted molar refractivity (Wildman–Crippen MR) is 59.7 cm³/mol. The van der Waals surface area contributed by atoms with Gasteiger partial charge in [0.2, 0.25) is 5.91 Å². The second kappa shape index (κ2) is 4.14. The molecule has 1 aromatic rings. The van der Waals surface area contributed by atoms with Gasteiger partial charge in [0.25, 0.3) is 0 Å². The maximum atomic E-state index is 11.4. The fraction of sp³-hybridized carbons (Fsp3) is 0.273. The molecule has 1 heterocycles. The van der Waals surface area contributed by atoms with Gasteiger partial charge in [-0.1, -0.05) is 17.7 Å². The smallest absolute Gasteiger partial charge is 0.311 e. The predicted octanol–water partition coefficient (Wildman–Crippen LogP) is 2.24. The van der Waals surface area contributed by atoms with Crippen molar-refractivity contribution in [3.8, 4) is 0 Å². The number of halogens is 1. The SMILES string of the molecule is O=C1CCC(C(=O)O)c2ccc(Cl)cc2N1. The number of amides is 1. The molecule has 1 amide bonds. The summed E-state index contributed by atoms with van der Waals surface area (Å²) >= 11 is 5.81. The minimum absolute atomic E-state index is 0.174. The molecule has 2 N–H and O–H groups in total. The van der Waals surface area contributed by atoms with E-state index < -0.39 is 11.9 Å². The van der Waals surface area contributed by atoms with Crippen molar-refractivity contribution in [1.29, 1.82) is 0 Å². The minimum atomic E-state index is -0.917. The Labute approximate surface area is 97.2 Å². The Kier molecular flexibility index (Phi) is 2.83. The lowest BCUT2D eigenvalue weighted by Crippen LogP contribution is -2.11. The van der Waals surface area contributed by atoms with Crippen LogP contribution in [0, 0.1) is 0 Å².